The summed E-state index contributed by atoms with van der Waals surface area (Å²) in [5.74, 6) is 0.177. The molecule has 1 amide bonds. The van der Waals surface area contributed by atoms with Crippen molar-refractivity contribution in [3.05, 3.63) is 22.5 Å². The molecular formula is C16H18N4OS2. The molecule has 0 saturated carbocycles. The summed E-state index contributed by atoms with van der Waals surface area (Å²) in [6.07, 6.45) is 4.51. The molecule has 120 valence electrons. The summed E-state index contributed by atoms with van der Waals surface area (Å²) in [6, 6.07) is 2.86. The van der Waals surface area contributed by atoms with Crippen LogP contribution in [0.25, 0.3) is 15.3 Å². The van der Waals surface area contributed by atoms with Crippen LogP contribution in [-0.2, 0) is 0 Å². The van der Waals surface area contributed by atoms with Gasteiger partial charge >= 0.3 is 0 Å². The lowest BCUT2D eigenvalue weighted by atomic mass is 10.1. The molecule has 2 atom stereocenters. The third-order valence-corrected chi connectivity index (χ3v) is 6.91. The van der Waals surface area contributed by atoms with Gasteiger partial charge in [-0.05, 0) is 32.4 Å². The molecular weight excluding hydrogens is 328 g/mol. The number of hydrogen-bond acceptors (Lipinski definition) is 5. The van der Waals surface area contributed by atoms with E-state index < -0.39 is 0 Å². The number of piperazine rings is 1. The van der Waals surface area contributed by atoms with Gasteiger partial charge in [0.1, 0.15) is 4.83 Å². The van der Waals surface area contributed by atoms with Crippen LogP contribution in [0.1, 0.15) is 29.4 Å². The Bertz CT molecular complexity index is 894. The first-order valence-corrected chi connectivity index (χ1v) is 9.80. The second-order valence-corrected chi connectivity index (χ2v) is 8.47. The number of nitrogens with zero attached hydrogens (tertiary/aromatic N) is 4. The van der Waals surface area contributed by atoms with E-state index in [2.05, 4.69) is 26.1 Å². The van der Waals surface area contributed by atoms with Gasteiger partial charge in [-0.15, -0.1) is 22.7 Å². The SMILES string of the molecule is C[C@H]1CN2CCC[C@H]2CN1C(=O)c1cc2c(nc3sccn32)s1. The minimum atomic E-state index is 0.177. The molecule has 0 aliphatic carbocycles. The molecule has 2 aliphatic rings. The molecule has 7 heteroatoms. The lowest BCUT2D eigenvalue weighted by Crippen LogP contribution is -2.56. The summed E-state index contributed by atoms with van der Waals surface area (Å²) in [5, 5.41) is 2.03. The van der Waals surface area contributed by atoms with Gasteiger partial charge in [0.15, 0.2) is 4.96 Å². The van der Waals surface area contributed by atoms with Gasteiger partial charge in [0.25, 0.3) is 5.91 Å². The number of thiazole rings is 1. The molecule has 0 bridgehead atoms. The average Bonchev–Trinajstić information content (AvgIpc) is 3.25. The predicted molar refractivity (Wildman–Crippen MR) is 93.5 cm³/mol. The largest absolute Gasteiger partial charge is 0.332 e. The van der Waals surface area contributed by atoms with Crippen molar-refractivity contribution in [1.29, 1.82) is 0 Å². The van der Waals surface area contributed by atoms with Crippen molar-refractivity contribution >= 4 is 43.9 Å². The number of carbonyl (C=O) groups excluding carboxylic acids is 1. The van der Waals surface area contributed by atoms with Gasteiger partial charge < -0.3 is 4.90 Å². The number of hydrogen-bond donors (Lipinski definition) is 0. The number of fused-ring (bicyclic) bond motifs is 4. The van der Waals surface area contributed by atoms with Gasteiger partial charge in [-0.25, -0.2) is 4.98 Å². The van der Waals surface area contributed by atoms with E-state index in [-0.39, 0.29) is 11.9 Å². The Balaban J connectivity index is 1.48. The zero-order valence-corrected chi connectivity index (χ0v) is 14.6. The lowest BCUT2D eigenvalue weighted by molar-refractivity contribution is 0.0400. The second-order valence-electron chi connectivity index (χ2n) is 6.57. The third kappa shape index (κ3) is 2.07. The molecule has 0 unspecified atom stereocenters. The Hall–Kier alpha value is -1.44. The van der Waals surface area contributed by atoms with E-state index in [9.17, 15) is 4.79 Å². The van der Waals surface area contributed by atoms with Gasteiger partial charge in [-0.2, -0.15) is 0 Å². The number of thiophene rings is 1. The summed E-state index contributed by atoms with van der Waals surface area (Å²) >= 11 is 3.16. The number of amides is 1. The van der Waals surface area contributed by atoms with E-state index >= 15 is 0 Å². The Labute approximate surface area is 142 Å². The molecule has 3 aromatic rings. The number of rotatable bonds is 1. The summed E-state index contributed by atoms with van der Waals surface area (Å²) in [4.78, 5) is 25.0. The molecule has 5 nitrogen and oxygen atoms in total. The quantitative estimate of drug-likeness (QED) is 0.680. The topological polar surface area (TPSA) is 40.8 Å². The van der Waals surface area contributed by atoms with Crippen molar-refractivity contribution in [3.63, 3.8) is 0 Å². The van der Waals surface area contributed by atoms with Crippen LogP contribution >= 0.6 is 22.7 Å². The number of carbonyl (C=O) groups is 1. The first-order valence-electron chi connectivity index (χ1n) is 8.11. The van der Waals surface area contributed by atoms with Crippen LogP contribution in [0.3, 0.4) is 0 Å². The van der Waals surface area contributed by atoms with E-state index in [1.165, 1.54) is 30.7 Å². The van der Waals surface area contributed by atoms with E-state index in [1.54, 1.807) is 11.3 Å². The van der Waals surface area contributed by atoms with E-state index in [4.69, 9.17) is 0 Å². The summed E-state index contributed by atoms with van der Waals surface area (Å²) in [7, 11) is 0. The number of aromatic nitrogens is 2. The van der Waals surface area contributed by atoms with Crippen molar-refractivity contribution in [3.8, 4) is 0 Å². The Morgan fingerprint density at radius 1 is 1.39 bits per heavy atom. The molecule has 0 radical (unpaired) electrons. The van der Waals surface area contributed by atoms with Crippen molar-refractivity contribution in [1.82, 2.24) is 19.2 Å². The van der Waals surface area contributed by atoms with Crippen LogP contribution in [0.2, 0.25) is 0 Å². The second kappa shape index (κ2) is 5.03. The highest BCUT2D eigenvalue weighted by molar-refractivity contribution is 7.21. The van der Waals surface area contributed by atoms with Crippen LogP contribution in [0.5, 0.6) is 0 Å². The van der Waals surface area contributed by atoms with Crippen LogP contribution in [-0.4, -0.2) is 56.8 Å². The van der Waals surface area contributed by atoms with Crippen molar-refractivity contribution < 1.29 is 4.79 Å². The van der Waals surface area contributed by atoms with Crippen LogP contribution in [0, 0.1) is 0 Å². The highest BCUT2D eigenvalue weighted by Gasteiger charge is 2.37. The summed E-state index contributed by atoms with van der Waals surface area (Å²) < 4.78 is 2.08. The summed E-state index contributed by atoms with van der Waals surface area (Å²) in [6.45, 7) is 5.25. The third-order valence-electron chi connectivity index (χ3n) is 5.15. The Morgan fingerprint density at radius 3 is 3.22 bits per heavy atom. The van der Waals surface area contributed by atoms with E-state index in [0.29, 0.717) is 6.04 Å². The van der Waals surface area contributed by atoms with Gasteiger partial charge in [-0.3, -0.25) is 14.1 Å². The molecule has 2 saturated heterocycles. The molecule has 0 N–H and O–H groups in total. The molecule has 5 heterocycles. The van der Waals surface area contributed by atoms with Crippen molar-refractivity contribution in [2.75, 3.05) is 19.6 Å². The minimum Gasteiger partial charge on any atom is -0.332 e. The lowest BCUT2D eigenvalue weighted by Gasteiger charge is -2.42. The average molecular weight is 346 g/mol. The fourth-order valence-corrected chi connectivity index (χ4v) is 5.72. The van der Waals surface area contributed by atoms with Gasteiger partial charge in [0.2, 0.25) is 0 Å². The van der Waals surface area contributed by atoms with Crippen LogP contribution in [0.4, 0.5) is 0 Å². The predicted octanol–water partition coefficient (Wildman–Crippen LogP) is 2.92. The molecule has 23 heavy (non-hydrogen) atoms. The first kappa shape index (κ1) is 13.9. The van der Waals surface area contributed by atoms with Gasteiger partial charge in [0, 0.05) is 36.8 Å². The molecule has 2 fully saturated rings. The highest BCUT2D eigenvalue weighted by atomic mass is 32.1. The zero-order valence-electron chi connectivity index (χ0n) is 12.9. The normalized spacial score (nSPS) is 25.5. The van der Waals surface area contributed by atoms with Crippen molar-refractivity contribution in [2.45, 2.75) is 31.8 Å². The molecule has 0 aromatic carbocycles. The minimum absolute atomic E-state index is 0.177. The van der Waals surface area contributed by atoms with E-state index in [0.717, 1.165) is 33.3 Å². The standard InChI is InChI=1S/C16H18N4OS2/c1-10-8-18-4-2-3-11(18)9-20(10)15(21)13-7-12-14(23-13)17-16-19(12)5-6-22-16/h5-7,10-11H,2-4,8-9H2,1H3/t10-,11-/m0/s1. The van der Waals surface area contributed by atoms with E-state index in [1.807, 2.05) is 17.6 Å². The fraction of sp³-hybridized carbons (Fsp3) is 0.500. The monoisotopic (exact) mass is 346 g/mol. The fourth-order valence-electron chi connectivity index (χ4n) is 3.96. The maximum Gasteiger partial charge on any atom is 0.264 e. The molecule has 3 aromatic heterocycles. The Morgan fingerprint density at radius 2 is 2.30 bits per heavy atom. The smallest absolute Gasteiger partial charge is 0.264 e. The highest BCUT2D eigenvalue weighted by Crippen LogP contribution is 2.31. The Kier molecular flexibility index (Phi) is 3.05. The maximum absolute atomic E-state index is 13.0. The van der Waals surface area contributed by atoms with Crippen LogP contribution < -0.4 is 0 Å². The summed E-state index contributed by atoms with van der Waals surface area (Å²) in [5.41, 5.74) is 1.06. The molecule has 5 rings (SSSR count). The van der Waals surface area contributed by atoms with Crippen molar-refractivity contribution in [2.24, 2.45) is 0 Å². The molecule has 0 spiro atoms. The first-order chi connectivity index (χ1) is 11.2. The van der Waals surface area contributed by atoms with Gasteiger partial charge in [-0.1, -0.05) is 0 Å². The van der Waals surface area contributed by atoms with Gasteiger partial charge in [0.05, 0.1) is 10.4 Å². The zero-order chi connectivity index (χ0) is 15.6. The maximum atomic E-state index is 13.0. The molecule has 2 aliphatic heterocycles. The number of imidazole rings is 1. The van der Waals surface area contributed by atoms with Crippen LogP contribution in [0.15, 0.2) is 17.6 Å².